The topological polar surface area (TPSA) is 99.9 Å². The molecular weight excluding hydrogens is 466 g/mol. The zero-order valence-corrected chi connectivity index (χ0v) is 21.9. The minimum absolute atomic E-state index is 0.0362. The highest BCUT2D eigenvalue weighted by molar-refractivity contribution is 6.10. The number of rotatable bonds is 10. The van der Waals surface area contributed by atoms with Crippen molar-refractivity contribution in [3.63, 3.8) is 0 Å². The van der Waals surface area contributed by atoms with Gasteiger partial charge in [-0.15, -0.1) is 0 Å². The third-order valence-corrected chi connectivity index (χ3v) is 7.33. The predicted octanol–water partition coefficient (Wildman–Crippen LogP) is 4.82. The molecule has 1 aliphatic rings. The van der Waals surface area contributed by atoms with E-state index < -0.39 is 17.9 Å². The molecule has 0 aliphatic carbocycles. The Hall–Kier alpha value is -3.45. The molecular formula is C30H37N3O4. The maximum Gasteiger partial charge on any atom is 0.326 e. The van der Waals surface area contributed by atoms with E-state index in [0.29, 0.717) is 22.7 Å². The van der Waals surface area contributed by atoms with Crippen molar-refractivity contribution in [1.82, 2.24) is 15.0 Å². The number of carboxylic acid groups (broad SMARTS) is 1. The highest BCUT2D eigenvalue weighted by Gasteiger charge is 2.25. The Kier molecular flexibility index (Phi) is 8.44. The van der Waals surface area contributed by atoms with E-state index in [1.807, 2.05) is 22.6 Å². The summed E-state index contributed by atoms with van der Waals surface area (Å²) >= 11 is 0. The van der Waals surface area contributed by atoms with Crippen molar-refractivity contribution in [1.29, 1.82) is 0 Å². The van der Waals surface area contributed by atoms with Gasteiger partial charge >= 0.3 is 5.97 Å². The molecule has 0 saturated carbocycles. The Morgan fingerprint density at radius 1 is 1.05 bits per heavy atom. The first kappa shape index (κ1) is 26.6. The Labute approximate surface area is 218 Å². The van der Waals surface area contributed by atoms with E-state index in [9.17, 15) is 19.5 Å². The van der Waals surface area contributed by atoms with Gasteiger partial charge in [-0.25, -0.2) is 4.79 Å². The Bertz CT molecular complexity index is 1270. The van der Waals surface area contributed by atoms with Crippen molar-refractivity contribution in [2.45, 2.75) is 64.8 Å². The molecule has 7 nitrogen and oxygen atoms in total. The summed E-state index contributed by atoms with van der Waals surface area (Å²) in [5, 5.41) is 15.4. The molecule has 1 fully saturated rings. The minimum atomic E-state index is -1.06. The summed E-state index contributed by atoms with van der Waals surface area (Å²) in [6.45, 7) is 7.68. The lowest BCUT2D eigenvalue weighted by atomic mass is 9.89. The average molecular weight is 504 g/mol. The zero-order valence-electron chi connectivity index (χ0n) is 21.9. The number of nitrogens with zero attached hydrogens (tertiary/aromatic N) is 1. The summed E-state index contributed by atoms with van der Waals surface area (Å²) in [6, 6.07) is 12.4. The molecule has 196 valence electrons. The van der Waals surface area contributed by atoms with Gasteiger partial charge in [0.15, 0.2) is 0 Å². The molecule has 0 bridgehead atoms. The van der Waals surface area contributed by atoms with Gasteiger partial charge in [0.25, 0.3) is 5.91 Å². The van der Waals surface area contributed by atoms with Crippen LogP contribution in [0.5, 0.6) is 0 Å². The van der Waals surface area contributed by atoms with Gasteiger partial charge in [0, 0.05) is 22.8 Å². The number of carboxylic acids is 1. The standard InChI is InChI=1S/C30H37N3O4/c1-4-5-6-23-17-25-18-24(29(35)32-26(19(2)3)30(36)37)13-16-33(25)27(23)28(34)22-9-7-20(8-10-22)21-11-14-31-15-12-21/h7-10,13,16-19,21,26,31H,4-6,11-12,14-15H2,1-3H3,(H,32,35)(H,36,37)/t26-/m0/s1. The molecule has 7 heteroatoms. The molecule has 1 aromatic carbocycles. The van der Waals surface area contributed by atoms with Crippen LogP contribution in [0.2, 0.25) is 0 Å². The third-order valence-electron chi connectivity index (χ3n) is 7.33. The number of carbonyl (C=O) groups excluding carboxylic acids is 2. The summed E-state index contributed by atoms with van der Waals surface area (Å²) in [4.78, 5) is 38.1. The van der Waals surface area contributed by atoms with Gasteiger partial charge in [-0.2, -0.15) is 0 Å². The van der Waals surface area contributed by atoms with Crippen LogP contribution in [0.4, 0.5) is 0 Å². The third kappa shape index (κ3) is 5.93. The second kappa shape index (κ2) is 11.7. The van der Waals surface area contributed by atoms with E-state index in [2.05, 4.69) is 29.7 Å². The number of pyridine rings is 1. The van der Waals surface area contributed by atoms with Crippen LogP contribution < -0.4 is 10.6 Å². The monoisotopic (exact) mass is 503 g/mol. The van der Waals surface area contributed by atoms with Crippen LogP contribution in [0, 0.1) is 5.92 Å². The van der Waals surface area contributed by atoms with Crippen LogP contribution in [0.3, 0.4) is 0 Å². The second-order valence-electron chi connectivity index (χ2n) is 10.3. The number of amides is 1. The van der Waals surface area contributed by atoms with E-state index in [4.69, 9.17) is 0 Å². The molecule has 0 radical (unpaired) electrons. The van der Waals surface area contributed by atoms with Crippen molar-refractivity contribution < 1.29 is 19.5 Å². The molecule has 37 heavy (non-hydrogen) atoms. The molecule has 4 rings (SSSR count). The number of aliphatic carboxylic acids is 1. The fourth-order valence-electron chi connectivity index (χ4n) is 5.13. The van der Waals surface area contributed by atoms with Gasteiger partial charge < -0.3 is 20.1 Å². The van der Waals surface area contributed by atoms with Crippen LogP contribution in [0.1, 0.15) is 89.9 Å². The number of carbonyl (C=O) groups is 3. The van der Waals surface area contributed by atoms with Gasteiger partial charge in [0.2, 0.25) is 5.78 Å². The summed E-state index contributed by atoms with van der Waals surface area (Å²) in [5.74, 6) is -1.26. The number of nitrogens with one attached hydrogen (secondary N) is 2. The molecule has 0 spiro atoms. The number of piperidine rings is 1. The molecule has 1 saturated heterocycles. The smallest absolute Gasteiger partial charge is 0.326 e. The Morgan fingerprint density at radius 2 is 1.76 bits per heavy atom. The quantitative estimate of drug-likeness (QED) is 0.345. The van der Waals surface area contributed by atoms with Gasteiger partial charge in [0.1, 0.15) is 6.04 Å². The minimum Gasteiger partial charge on any atom is -0.480 e. The maximum atomic E-state index is 13.7. The van der Waals surface area contributed by atoms with E-state index >= 15 is 0 Å². The van der Waals surface area contributed by atoms with E-state index in [1.165, 1.54) is 5.56 Å². The number of benzene rings is 1. The maximum absolute atomic E-state index is 13.7. The van der Waals surface area contributed by atoms with Crippen LogP contribution in [0.25, 0.3) is 5.52 Å². The Morgan fingerprint density at radius 3 is 2.38 bits per heavy atom. The predicted molar refractivity (Wildman–Crippen MR) is 144 cm³/mol. The van der Waals surface area contributed by atoms with Crippen molar-refractivity contribution in [2.24, 2.45) is 5.92 Å². The lowest BCUT2D eigenvalue weighted by molar-refractivity contribution is -0.140. The molecule has 0 unspecified atom stereocenters. The van der Waals surface area contributed by atoms with E-state index in [-0.39, 0.29) is 11.7 Å². The van der Waals surface area contributed by atoms with Crippen molar-refractivity contribution in [3.05, 3.63) is 76.6 Å². The zero-order chi connectivity index (χ0) is 26.5. The van der Waals surface area contributed by atoms with Crippen LogP contribution in [0.15, 0.2) is 48.7 Å². The number of aromatic nitrogens is 1. The largest absolute Gasteiger partial charge is 0.480 e. The van der Waals surface area contributed by atoms with Gasteiger partial charge in [-0.3, -0.25) is 9.59 Å². The fourth-order valence-corrected chi connectivity index (χ4v) is 5.13. The normalized spacial score (nSPS) is 15.1. The molecule has 3 N–H and O–H groups in total. The highest BCUT2D eigenvalue weighted by atomic mass is 16.4. The fraction of sp³-hybridized carbons (Fsp3) is 0.433. The molecule has 3 heterocycles. The number of hydrogen-bond acceptors (Lipinski definition) is 4. The van der Waals surface area contributed by atoms with Crippen LogP contribution in [-0.2, 0) is 11.2 Å². The molecule has 1 aliphatic heterocycles. The summed E-state index contributed by atoms with van der Waals surface area (Å²) in [7, 11) is 0. The first-order chi connectivity index (χ1) is 17.8. The number of ketones is 1. The van der Waals surface area contributed by atoms with Gasteiger partial charge in [-0.05, 0) is 79.9 Å². The van der Waals surface area contributed by atoms with E-state index in [0.717, 1.165) is 56.3 Å². The first-order valence-electron chi connectivity index (χ1n) is 13.3. The summed E-state index contributed by atoms with van der Waals surface area (Å²) in [5.41, 5.74) is 4.61. The van der Waals surface area contributed by atoms with Crippen molar-refractivity contribution >= 4 is 23.2 Å². The lowest BCUT2D eigenvalue weighted by Crippen LogP contribution is -2.44. The Balaban J connectivity index is 1.64. The average Bonchev–Trinajstić information content (AvgIpc) is 3.27. The summed E-state index contributed by atoms with van der Waals surface area (Å²) < 4.78 is 1.85. The molecule has 2 aromatic heterocycles. The number of unbranched alkanes of at least 4 members (excludes halogenated alkanes) is 1. The molecule has 1 amide bonds. The van der Waals surface area contributed by atoms with Gasteiger partial charge in [0.05, 0.1) is 5.69 Å². The van der Waals surface area contributed by atoms with Gasteiger partial charge in [-0.1, -0.05) is 51.5 Å². The number of fused-ring (bicyclic) bond motifs is 1. The van der Waals surface area contributed by atoms with E-state index in [1.54, 1.807) is 32.2 Å². The second-order valence-corrected chi connectivity index (χ2v) is 10.3. The number of hydrogen-bond donors (Lipinski definition) is 3. The van der Waals surface area contributed by atoms with Crippen LogP contribution in [-0.4, -0.2) is 46.3 Å². The summed E-state index contributed by atoms with van der Waals surface area (Å²) in [6.07, 6.45) is 6.68. The van der Waals surface area contributed by atoms with Crippen LogP contribution >= 0.6 is 0 Å². The highest BCUT2D eigenvalue weighted by Crippen LogP contribution is 2.27. The molecule has 3 aromatic rings. The SMILES string of the molecule is CCCCc1cc2cc(C(=O)N[C@H](C(=O)O)C(C)C)ccn2c1C(=O)c1ccc(C2CCNCC2)cc1. The number of aryl methyl sites for hydroxylation is 1. The lowest BCUT2D eigenvalue weighted by Gasteiger charge is -2.23. The molecule has 1 atom stereocenters. The van der Waals surface area contributed by atoms with Crippen molar-refractivity contribution in [3.8, 4) is 0 Å². The van der Waals surface area contributed by atoms with Crippen molar-refractivity contribution in [2.75, 3.05) is 13.1 Å². The first-order valence-corrected chi connectivity index (χ1v) is 13.3.